The van der Waals surface area contributed by atoms with Crippen LogP contribution in [-0.4, -0.2) is 62.1 Å². The molecule has 0 atom stereocenters. The lowest BCUT2D eigenvalue weighted by molar-refractivity contribution is -0.137. The van der Waals surface area contributed by atoms with Crippen LogP contribution in [0.25, 0.3) is 5.57 Å². The van der Waals surface area contributed by atoms with E-state index in [-0.39, 0.29) is 11.8 Å². The van der Waals surface area contributed by atoms with Crippen molar-refractivity contribution in [2.24, 2.45) is 0 Å². The number of rotatable bonds is 7. The SMILES string of the molecule is COCCCN1C(=O)C(c2ccc(OC)cc2)=C(N2CCCC2)C1=O. The molecule has 25 heavy (non-hydrogen) atoms. The topological polar surface area (TPSA) is 59.1 Å². The minimum atomic E-state index is -0.215. The first-order chi connectivity index (χ1) is 12.2. The van der Waals surface area contributed by atoms with Crippen LogP contribution in [0.15, 0.2) is 30.0 Å². The number of benzene rings is 1. The van der Waals surface area contributed by atoms with E-state index in [9.17, 15) is 9.59 Å². The van der Waals surface area contributed by atoms with Crippen LogP contribution >= 0.6 is 0 Å². The summed E-state index contributed by atoms with van der Waals surface area (Å²) >= 11 is 0. The van der Waals surface area contributed by atoms with Gasteiger partial charge in [0.2, 0.25) is 0 Å². The number of hydrogen-bond donors (Lipinski definition) is 0. The fourth-order valence-electron chi connectivity index (χ4n) is 3.39. The maximum absolute atomic E-state index is 13.0. The van der Waals surface area contributed by atoms with Gasteiger partial charge >= 0.3 is 0 Å². The van der Waals surface area contributed by atoms with E-state index in [1.54, 1.807) is 14.2 Å². The molecule has 6 heteroatoms. The van der Waals surface area contributed by atoms with Gasteiger partial charge in [-0.2, -0.15) is 0 Å². The summed E-state index contributed by atoms with van der Waals surface area (Å²) in [5.74, 6) is 0.322. The number of nitrogens with zero attached hydrogens (tertiary/aromatic N) is 2. The Morgan fingerprint density at radius 2 is 1.68 bits per heavy atom. The molecule has 0 radical (unpaired) electrons. The lowest BCUT2D eigenvalue weighted by Crippen LogP contribution is -2.35. The third kappa shape index (κ3) is 3.39. The molecular weight excluding hydrogens is 320 g/mol. The second-order valence-electron chi connectivity index (χ2n) is 6.25. The highest BCUT2D eigenvalue weighted by Gasteiger charge is 2.41. The molecule has 2 aliphatic heterocycles. The zero-order valence-electron chi connectivity index (χ0n) is 14.8. The first-order valence-electron chi connectivity index (χ1n) is 8.66. The van der Waals surface area contributed by atoms with Crippen LogP contribution in [0.5, 0.6) is 5.75 Å². The first kappa shape index (κ1) is 17.5. The highest BCUT2D eigenvalue weighted by molar-refractivity contribution is 6.35. The van der Waals surface area contributed by atoms with E-state index in [1.165, 1.54) is 4.90 Å². The first-order valence-corrected chi connectivity index (χ1v) is 8.66. The lowest BCUT2D eigenvalue weighted by Gasteiger charge is -2.20. The highest BCUT2D eigenvalue weighted by atomic mass is 16.5. The number of imide groups is 1. The van der Waals surface area contributed by atoms with Gasteiger partial charge in [0.1, 0.15) is 11.4 Å². The van der Waals surface area contributed by atoms with Crippen molar-refractivity contribution in [3.63, 3.8) is 0 Å². The summed E-state index contributed by atoms with van der Waals surface area (Å²) in [5, 5.41) is 0. The molecule has 2 heterocycles. The molecule has 2 aliphatic rings. The van der Waals surface area contributed by atoms with E-state index in [4.69, 9.17) is 9.47 Å². The Labute approximate surface area is 148 Å². The van der Waals surface area contributed by atoms with Crippen molar-refractivity contribution >= 4 is 17.4 Å². The van der Waals surface area contributed by atoms with Gasteiger partial charge in [-0.1, -0.05) is 12.1 Å². The van der Waals surface area contributed by atoms with E-state index in [2.05, 4.69) is 4.90 Å². The summed E-state index contributed by atoms with van der Waals surface area (Å²) in [5.41, 5.74) is 1.81. The molecule has 0 bridgehead atoms. The van der Waals surface area contributed by atoms with Gasteiger partial charge in [0.15, 0.2) is 0 Å². The lowest BCUT2D eigenvalue weighted by atomic mass is 10.0. The van der Waals surface area contributed by atoms with Gasteiger partial charge in [-0.05, 0) is 37.0 Å². The molecule has 1 aromatic carbocycles. The van der Waals surface area contributed by atoms with Gasteiger partial charge in [-0.3, -0.25) is 14.5 Å². The minimum Gasteiger partial charge on any atom is -0.497 e. The molecular formula is C19H24N2O4. The summed E-state index contributed by atoms with van der Waals surface area (Å²) in [6.07, 6.45) is 2.73. The van der Waals surface area contributed by atoms with Crippen molar-refractivity contribution < 1.29 is 19.1 Å². The van der Waals surface area contributed by atoms with E-state index >= 15 is 0 Å². The zero-order valence-corrected chi connectivity index (χ0v) is 14.8. The van der Waals surface area contributed by atoms with Crippen LogP contribution in [-0.2, 0) is 14.3 Å². The molecule has 0 aliphatic carbocycles. The predicted octanol–water partition coefficient (Wildman–Crippen LogP) is 1.91. The molecule has 2 amide bonds. The largest absolute Gasteiger partial charge is 0.497 e. The Balaban J connectivity index is 1.95. The van der Waals surface area contributed by atoms with Gasteiger partial charge in [-0.25, -0.2) is 0 Å². The second kappa shape index (κ2) is 7.70. The molecule has 3 rings (SSSR count). The fourth-order valence-corrected chi connectivity index (χ4v) is 3.39. The molecule has 0 saturated carbocycles. The van der Waals surface area contributed by atoms with Crippen molar-refractivity contribution in [2.45, 2.75) is 19.3 Å². The smallest absolute Gasteiger partial charge is 0.277 e. The molecule has 0 N–H and O–H groups in total. The van der Waals surface area contributed by atoms with Gasteiger partial charge in [-0.15, -0.1) is 0 Å². The molecule has 6 nitrogen and oxygen atoms in total. The van der Waals surface area contributed by atoms with Crippen LogP contribution in [0.3, 0.4) is 0 Å². The summed E-state index contributed by atoms with van der Waals surface area (Å²) in [4.78, 5) is 29.3. The van der Waals surface area contributed by atoms with Gasteiger partial charge in [0.05, 0.1) is 12.7 Å². The van der Waals surface area contributed by atoms with Crippen LogP contribution in [0.1, 0.15) is 24.8 Å². The molecule has 0 unspecified atom stereocenters. The Morgan fingerprint density at radius 1 is 1.00 bits per heavy atom. The van der Waals surface area contributed by atoms with E-state index in [0.29, 0.717) is 30.8 Å². The molecule has 0 aromatic heterocycles. The predicted molar refractivity (Wildman–Crippen MR) is 93.9 cm³/mol. The van der Waals surface area contributed by atoms with Crippen LogP contribution < -0.4 is 4.74 Å². The van der Waals surface area contributed by atoms with E-state index in [0.717, 1.165) is 37.2 Å². The van der Waals surface area contributed by atoms with Crippen molar-refractivity contribution in [1.82, 2.24) is 9.80 Å². The quantitative estimate of drug-likeness (QED) is 0.559. The number of methoxy groups -OCH3 is 2. The van der Waals surface area contributed by atoms with Gasteiger partial charge < -0.3 is 14.4 Å². The van der Waals surface area contributed by atoms with E-state index in [1.807, 2.05) is 24.3 Å². The molecule has 1 aromatic rings. The number of carbonyl (C=O) groups excluding carboxylic acids is 2. The number of carbonyl (C=O) groups is 2. The summed E-state index contributed by atoms with van der Waals surface area (Å²) in [7, 11) is 3.22. The average molecular weight is 344 g/mol. The van der Waals surface area contributed by atoms with Gasteiger partial charge in [0.25, 0.3) is 11.8 Å². The van der Waals surface area contributed by atoms with Crippen molar-refractivity contribution in [1.29, 1.82) is 0 Å². The van der Waals surface area contributed by atoms with Crippen molar-refractivity contribution in [3.05, 3.63) is 35.5 Å². The Morgan fingerprint density at radius 3 is 2.28 bits per heavy atom. The standard InChI is InChI=1S/C19H24N2O4/c1-24-13-5-12-21-18(22)16(14-6-8-15(25-2)9-7-14)17(19(21)23)20-10-3-4-11-20/h6-9H,3-5,10-13H2,1-2H3. The highest BCUT2D eigenvalue weighted by Crippen LogP contribution is 2.34. The van der Waals surface area contributed by atoms with Gasteiger partial charge in [0, 0.05) is 33.4 Å². The average Bonchev–Trinajstić information content (AvgIpc) is 3.23. The number of ether oxygens (including phenoxy) is 2. The normalized spacial score (nSPS) is 17.8. The van der Waals surface area contributed by atoms with E-state index < -0.39 is 0 Å². The fraction of sp³-hybridized carbons (Fsp3) is 0.474. The maximum Gasteiger partial charge on any atom is 0.277 e. The third-order valence-corrected chi connectivity index (χ3v) is 4.67. The maximum atomic E-state index is 13.0. The third-order valence-electron chi connectivity index (χ3n) is 4.67. The zero-order chi connectivity index (χ0) is 17.8. The van der Waals surface area contributed by atoms with Crippen molar-refractivity contribution in [2.75, 3.05) is 40.5 Å². The number of hydrogen-bond acceptors (Lipinski definition) is 5. The van der Waals surface area contributed by atoms with Crippen LogP contribution in [0, 0.1) is 0 Å². The number of amides is 2. The Kier molecular flexibility index (Phi) is 5.38. The monoisotopic (exact) mass is 344 g/mol. The van der Waals surface area contributed by atoms with Crippen LogP contribution in [0.2, 0.25) is 0 Å². The summed E-state index contributed by atoms with van der Waals surface area (Å²) in [6.45, 7) is 2.54. The molecule has 0 spiro atoms. The molecule has 1 saturated heterocycles. The summed E-state index contributed by atoms with van der Waals surface area (Å²) in [6, 6.07) is 7.31. The Hall–Kier alpha value is -2.34. The van der Waals surface area contributed by atoms with Crippen molar-refractivity contribution in [3.8, 4) is 5.75 Å². The minimum absolute atomic E-state index is 0.186. The number of likely N-dealkylation sites (tertiary alicyclic amines) is 1. The van der Waals surface area contributed by atoms with Crippen LogP contribution in [0.4, 0.5) is 0 Å². The second-order valence-corrected chi connectivity index (χ2v) is 6.25. The summed E-state index contributed by atoms with van der Waals surface area (Å²) < 4.78 is 10.2. The molecule has 1 fully saturated rings. The Bertz CT molecular complexity index is 675. The molecule has 134 valence electrons.